The van der Waals surface area contributed by atoms with E-state index in [-0.39, 0.29) is 17.0 Å². The van der Waals surface area contributed by atoms with Gasteiger partial charge in [-0.05, 0) is 43.3 Å². The second-order valence-electron chi connectivity index (χ2n) is 5.90. The molecule has 0 aromatic heterocycles. The van der Waals surface area contributed by atoms with E-state index in [4.69, 9.17) is 0 Å². The van der Waals surface area contributed by atoms with E-state index in [1.165, 1.54) is 36.4 Å². The quantitative estimate of drug-likeness (QED) is 0.652. The Morgan fingerprint density at radius 1 is 0.885 bits per heavy atom. The molecule has 3 aromatic rings. The van der Waals surface area contributed by atoms with Gasteiger partial charge >= 0.3 is 0 Å². The SMILES string of the molecule is Cc1ccc(N(Cc2ccccc2F)S(=O)(=O)c2cccc(F)c2)cc1. The Hall–Kier alpha value is -2.73. The number of benzene rings is 3. The maximum atomic E-state index is 14.1. The molecule has 0 aliphatic carbocycles. The number of hydrogen-bond acceptors (Lipinski definition) is 2. The van der Waals surface area contributed by atoms with Gasteiger partial charge in [0.2, 0.25) is 0 Å². The van der Waals surface area contributed by atoms with Crippen molar-refractivity contribution >= 4 is 15.7 Å². The van der Waals surface area contributed by atoms with E-state index in [2.05, 4.69) is 0 Å². The van der Waals surface area contributed by atoms with Crippen LogP contribution in [0.5, 0.6) is 0 Å². The van der Waals surface area contributed by atoms with Crippen LogP contribution in [-0.4, -0.2) is 8.42 Å². The molecule has 3 aromatic carbocycles. The van der Waals surface area contributed by atoms with Crippen LogP contribution >= 0.6 is 0 Å². The number of anilines is 1. The van der Waals surface area contributed by atoms with Crippen LogP contribution in [0.15, 0.2) is 77.7 Å². The minimum Gasteiger partial charge on any atom is -0.262 e. The van der Waals surface area contributed by atoms with Crippen LogP contribution in [-0.2, 0) is 16.6 Å². The zero-order valence-corrected chi connectivity index (χ0v) is 14.9. The number of nitrogens with zero attached hydrogens (tertiary/aromatic N) is 1. The van der Waals surface area contributed by atoms with Crippen molar-refractivity contribution in [1.29, 1.82) is 0 Å². The predicted molar refractivity (Wildman–Crippen MR) is 97.3 cm³/mol. The first-order valence-corrected chi connectivity index (χ1v) is 9.40. The van der Waals surface area contributed by atoms with Gasteiger partial charge in [-0.2, -0.15) is 0 Å². The molecule has 0 spiro atoms. The van der Waals surface area contributed by atoms with Crippen molar-refractivity contribution < 1.29 is 17.2 Å². The van der Waals surface area contributed by atoms with Gasteiger partial charge in [0, 0.05) is 5.56 Å². The summed E-state index contributed by atoms with van der Waals surface area (Å²) in [6, 6.07) is 17.6. The van der Waals surface area contributed by atoms with E-state index in [0.29, 0.717) is 5.69 Å². The molecule has 0 aliphatic heterocycles. The van der Waals surface area contributed by atoms with Crippen molar-refractivity contribution in [3.8, 4) is 0 Å². The van der Waals surface area contributed by atoms with Gasteiger partial charge in [0.15, 0.2) is 0 Å². The fourth-order valence-electron chi connectivity index (χ4n) is 2.56. The Labute approximate surface area is 151 Å². The number of hydrogen-bond donors (Lipinski definition) is 0. The lowest BCUT2D eigenvalue weighted by molar-refractivity contribution is 0.581. The van der Waals surface area contributed by atoms with Crippen molar-refractivity contribution in [2.45, 2.75) is 18.4 Å². The van der Waals surface area contributed by atoms with Crippen LogP contribution in [0, 0.1) is 18.6 Å². The fraction of sp³-hybridized carbons (Fsp3) is 0.100. The summed E-state index contributed by atoms with van der Waals surface area (Å²) in [5, 5.41) is 0. The highest BCUT2D eigenvalue weighted by Crippen LogP contribution is 2.27. The minimum absolute atomic E-state index is 0.186. The van der Waals surface area contributed by atoms with Gasteiger partial charge < -0.3 is 0 Å². The highest BCUT2D eigenvalue weighted by atomic mass is 32.2. The Balaban J connectivity index is 2.11. The van der Waals surface area contributed by atoms with Gasteiger partial charge in [0.1, 0.15) is 11.6 Å². The number of rotatable bonds is 5. The second kappa shape index (κ2) is 7.25. The zero-order valence-electron chi connectivity index (χ0n) is 14.1. The Bertz CT molecular complexity index is 1020. The average Bonchev–Trinajstić information content (AvgIpc) is 2.62. The molecular formula is C20H17F2NO2S. The van der Waals surface area contributed by atoms with Crippen LogP contribution in [0.4, 0.5) is 14.5 Å². The van der Waals surface area contributed by atoms with Gasteiger partial charge in [0.05, 0.1) is 17.1 Å². The van der Waals surface area contributed by atoms with Crippen molar-refractivity contribution in [1.82, 2.24) is 0 Å². The van der Waals surface area contributed by atoms with Crippen molar-refractivity contribution in [2.75, 3.05) is 4.31 Å². The van der Waals surface area contributed by atoms with Crippen LogP contribution in [0.25, 0.3) is 0 Å². The number of halogens is 2. The topological polar surface area (TPSA) is 37.4 Å². The number of sulfonamides is 1. The molecule has 134 valence electrons. The summed E-state index contributed by atoms with van der Waals surface area (Å²) in [5.74, 6) is -1.15. The lowest BCUT2D eigenvalue weighted by Crippen LogP contribution is -2.31. The van der Waals surface area contributed by atoms with Gasteiger partial charge in [-0.15, -0.1) is 0 Å². The molecule has 0 atom stereocenters. The first-order chi connectivity index (χ1) is 12.4. The highest BCUT2D eigenvalue weighted by molar-refractivity contribution is 7.92. The molecule has 0 bridgehead atoms. The summed E-state index contributed by atoms with van der Waals surface area (Å²) in [4.78, 5) is -0.186. The third-order valence-electron chi connectivity index (χ3n) is 3.98. The Kier molecular flexibility index (Phi) is 5.04. The standard InChI is InChI=1S/C20H17F2NO2S/c1-15-9-11-18(12-10-15)23(14-16-5-2-3-8-20(16)22)26(24,25)19-7-4-6-17(21)13-19/h2-13H,14H2,1H3. The van der Waals surface area contributed by atoms with Crippen LogP contribution in [0.2, 0.25) is 0 Å². The largest absolute Gasteiger partial charge is 0.264 e. The van der Waals surface area contributed by atoms with Gasteiger partial charge in [0.25, 0.3) is 10.0 Å². The number of aryl methyl sites for hydroxylation is 1. The first-order valence-electron chi connectivity index (χ1n) is 7.96. The molecule has 0 unspecified atom stereocenters. The monoisotopic (exact) mass is 373 g/mol. The van der Waals surface area contributed by atoms with Crippen molar-refractivity contribution in [3.05, 3.63) is 95.6 Å². The fourth-order valence-corrected chi connectivity index (χ4v) is 4.04. The molecule has 0 radical (unpaired) electrons. The molecule has 26 heavy (non-hydrogen) atoms. The summed E-state index contributed by atoms with van der Waals surface area (Å²) in [6.45, 7) is 1.68. The molecule has 0 fully saturated rings. The maximum Gasteiger partial charge on any atom is 0.264 e. The van der Waals surface area contributed by atoms with Crippen LogP contribution in [0.3, 0.4) is 0 Å². The second-order valence-corrected chi connectivity index (χ2v) is 7.76. The summed E-state index contributed by atoms with van der Waals surface area (Å²) < 4.78 is 55.0. The third kappa shape index (κ3) is 3.75. The molecule has 0 amide bonds. The maximum absolute atomic E-state index is 14.1. The van der Waals surface area contributed by atoms with Gasteiger partial charge in [-0.1, -0.05) is 42.0 Å². The van der Waals surface area contributed by atoms with E-state index in [9.17, 15) is 17.2 Å². The highest BCUT2D eigenvalue weighted by Gasteiger charge is 2.26. The Morgan fingerprint density at radius 2 is 1.58 bits per heavy atom. The van der Waals surface area contributed by atoms with Crippen LogP contribution < -0.4 is 4.31 Å². The first kappa shape index (κ1) is 18.1. The molecule has 0 saturated carbocycles. The Morgan fingerprint density at radius 3 is 2.23 bits per heavy atom. The molecule has 6 heteroatoms. The van der Waals surface area contributed by atoms with E-state index in [1.54, 1.807) is 30.3 Å². The lowest BCUT2D eigenvalue weighted by Gasteiger charge is -2.25. The molecule has 0 heterocycles. The molecule has 0 aliphatic rings. The molecule has 0 saturated heterocycles. The van der Waals surface area contributed by atoms with Crippen molar-refractivity contribution in [3.63, 3.8) is 0 Å². The smallest absolute Gasteiger partial charge is 0.262 e. The van der Waals surface area contributed by atoms with E-state index < -0.39 is 21.7 Å². The predicted octanol–water partition coefficient (Wildman–Crippen LogP) is 4.67. The summed E-state index contributed by atoms with van der Waals surface area (Å²) in [7, 11) is -4.08. The molecule has 3 nitrogen and oxygen atoms in total. The molecular weight excluding hydrogens is 356 g/mol. The van der Waals surface area contributed by atoms with Gasteiger partial charge in [-0.25, -0.2) is 17.2 Å². The summed E-state index contributed by atoms with van der Waals surface area (Å²) in [6.07, 6.45) is 0. The van der Waals surface area contributed by atoms with E-state index in [0.717, 1.165) is 15.9 Å². The van der Waals surface area contributed by atoms with Gasteiger partial charge in [-0.3, -0.25) is 4.31 Å². The van der Waals surface area contributed by atoms with E-state index >= 15 is 0 Å². The van der Waals surface area contributed by atoms with Crippen molar-refractivity contribution in [2.24, 2.45) is 0 Å². The summed E-state index contributed by atoms with van der Waals surface area (Å²) in [5.41, 5.74) is 1.57. The normalized spacial score (nSPS) is 11.3. The lowest BCUT2D eigenvalue weighted by atomic mass is 10.2. The molecule has 3 rings (SSSR count). The van der Waals surface area contributed by atoms with E-state index in [1.807, 2.05) is 6.92 Å². The zero-order chi connectivity index (χ0) is 18.7. The average molecular weight is 373 g/mol. The summed E-state index contributed by atoms with van der Waals surface area (Å²) >= 11 is 0. The molecule has 0 N–H and O–H groups in total. The minimum atomic E-state index is -4.08. The third-order valence-corrected chi connectivity index (χ3v) is 5.75. The van der Waals surface area contributed by atoms with Crippen LogP contribution in [0.1, 0.15) is 11.1 Å².